The molecule has 0 aliphatic rings. The number of nitrogens with zero attached hydrogens (tertiary/aromatic N) is 1. The molecule has 0 saturated carbocycles. The normalized spacial score (nSPS) is 14.1. The highest BCUT2D eigenvalue weighted by Gasteiger charge is 2.59. The first-order valence-corrected chi connectivity index (χ1v) is 10.0. The van der Waals surface area contributed by atoms with Crippen molar-refractivity contribution in [2.75, 3.05) is 0 Å². The Labute approximate surface area is 185 Å². The highest BCUT2D eigenvalue weighted by atomic mass is 35.5. The molecule has 0 spiro atoms. The van der Waals surface area contributed by atoms with Crippen molar-refractivity contribution in [3.8, 4) is 5.75 Å². The molecule has 1 amide bonds. The van der Waals surface area contributed by atoms with Crippen molar-refractivity contribution in [3.05, 3.63) is 75.3 Å². The summed E-state index contributed by atoms with van der Waals surface area (Å²) in [6.07, 6.45) is -1.16. The number of carbonyl (C=O) groups is 2. The largest absolute Gasteiger partial charge is 0.444 e. The molecule has 2 aromatic rings. The van der Waals surface area contributed by atoms with E-state index in [1.807, 2.05) is 0 Å². The number of esters is 1. The van der Waals surface area contributed by atoms with Crippen LogP contribution in [0, 0.1) is 10.1 Å². The molecule has 0 radical (unpaired) electrons. The zero-order chi connectivity index (χ0) is 23.2. The van der Waals surface area contributed by atoms with Crippen molar-refractivity contribution in [2.24, 2.45) is 0 Å². The van der Waals surface area contributed by atoms with Gasteiger partial charge < -0.3 is 14.8 Å². The fraction of sp³-hybridized carbons (Fsp3) is 0.364. The lowest BCUT2D eigenvalue weighted by atomic mass is 9.83. The van der Waals surface area contributed by atoms with Gasteiger partial charge in [-0.15, -0.1) is 0 Å². The predicted molar refractivity (Wildman–Crippen MR) is 116 cm³/mol. The number of nitrogens with one attached hydrogen (secondary N) is 1. The standard InChI is InChI=1S/C22H25ClN2O6/c1-5-22(25(28)29,19(26)30-17-9-7-6-8-10-17)18(15-11-13-16(23)14-12-15)24-20(27)31-21(2,3)4/h6-14,18H,5H2,1-4H3,(H,24,27)/t18-,22+/m1/s1. The molecule has 0 aliphatic carbocycles. The maximum absolute atomic E-state index is 13.2. The minimum Gasteiger partial charge on any atom is -0.444 e. The summed E-state index contributed by atoms with van der Waals surface area (Å²) in [6.45, 7) is 6.46. The maximum atomic E-state index is 13.2. The van der Waals surface area contributed by atoms with E-state index in [0.717, 1.165) is 0 Å². The molecule has 2 aromatic carbocycles. The van der Waals surface area contributed by atoms with E-state index in [2.05, 4.69) is 5.32 Å². The van der Waals surface area contributed by atoms with Gasteiger partial charge in [-0.25, -0.2) is 9.59 Å². The smallest absolute Gasteiger partial charge is 0.408 e. The Morgan fingerprint density at radius 1 is 1.10 bits per heavy atom. The van der Waals surface area contributed by atoms with E-state index in [0.29, 0.717) is 10.6 Å². The van der Waals surface area contributed by atoms with Gasteiger partial charge in [0.1, 0.15) is 17.4 Å². The first-order chi connectivity index (χ1) is 14.5. The summed E-state index contributed by atoms with van der Waals surface area (Å²) in [4.78, 5) is 37.3. The van der Waals surface area contributed by atoms with Crippen LogP contribution in [-0.4, -0.2) is 28.1 Å². The molecule has 0 fully saturated rings. The van der Waals surface area contributed by atoms with E-state index in [1.54, 1.807) is 39.0 Å². The third-order valence-corrected chi connectivity index (χ3v) is 4.77. The second-order valence-corrected chi connectivity index (χ2v) is 8.30. The Balaban J connectivity index is 2.54. The summed E-state index contributed by atoms with van der Waals surface area (Å²) in [5, 5.41) is 15.2. The van der Waals surface area contributed by atoms with Crippen molar-refractivity contribution in [3.63, 3.8) is 0 Å². The number of nitro groups is 1. The Hall–Kier alpha value is -3.13. The average molecular weight is 449 g/mol. The zero-order valence-corrected chi connectivity index (χ0v) is 18.5. The monoisotopic (exact) mass is 448 g/mol. The van der Waals surface area contributed by atoms with Gasteiger partial charge in [-0.3, -0.25) is 10.1 Å². The number of hydrogen-bond acceptors (Lipinski definition) is 6. The molecule has 166 valence electrons. The zero-order valence-electron chi connectivity index (χ0n) is 17.8. The van der Waals surface area contributed by atoms with Crippen molar-refractivity contribution in [2.45, 2.75) is 51.3 Å². The van der Waals surface area contributed by atoms with E-state index in [4.69, 9.17) is 21.1 Å². The fourth-order valence-electron chi connectivity index (χ4n) is 3.02. The minimum atomic E-state index is -2.32. The molecular formula is C22H25ClN2O6. The minimum absolute atomic E-state index is 0.152. The number of halogens is 1. The molecule has 2 rings (SSSR count). The van der Waals surface area contributed by atoms with E-state index in [1.165, 1.54) is 43.3 Å². The second kappa shape index (κ2) is 9.78. The maximum Gasteiger partial charge on any atom is 0.408 e. The van der Waals surface area contributed by atoms with Crippen LogP contribution in [0.15, 0.2) is 54.6 Å². The van der Waals surface area contributed by atoms with Crippen molar-refractivity contribution < 1.29 is 24.0 Å². The number of hydrogen-bond donors (Lipinski definition) is 1. The number of carbonyl (C=O) groups excluding carboxylic acids is 2. The highest BCUT2D eigenvalue weighted by Crippen LogP contribution is 2.35. The van der Waals surface area contributed by atoms with E-state index >= 15 is 0 Å². The van der Waals surface area contributed by atoms with Crippen molar-refractivity contribution in [1.82, 2.24) is 5.32 Å². The van der Waals surface area contributed by atoms with Crippen LogP contribution >= 0.6 is 11.6 Å². The number of benzene rings is 2. The number of rotatable bonds is 7. The van der Waals surface area contributed by atoms with Crippen molar-refractivity contribution in [1.29, 1.82) is 0 Å². The van der Waals surface area contributed by atoms with Crippen LogP contribution in [0.5, 0.6) is 5.75 Å². The van der Waals surface area contributed by atoms with E-state index in [-0.39, 0.29) is 12.2 Å². The van der Waals surface area contributed by atoms with Gasteiger partial charge in [0.15, 0.2) is 0 Å². The number of amides is 1. The topological polar surface area (TPSA) is 108 Å². The van der Waals surface area contributed by atoms with Crippen LogP contribution in [0.4, 0.5) is 4.79 Å². The molecule has 0 bridgehead atoms. The van der Waals surface area contributed by atoms with Crippen molar-refractivity contribution >= 4 is 23.7 Å². The number of para-hydroxylation sites is 1. The lowest BCUT2D eigenvalue weighted by Crippen LogP contribution is -2.58. The third-order valence-electron chi connectivity index (χ3n) is 4.51. The van der Waals surface area contributed by atoms with Gasteiger partial charge in [-0.1, -0.05) is 48.9 Å². The highest BCUT2D eigenvalue weighted by molar-refractivity contribution is 6.30. The molecule has 0 aromatic heterocycles. The molecule has 0 saturated heterocycles. The van der Waals surface area contributed by atoms with Crippen LogP contribution in [0.3, 0.4) is 0 Å². The Kier molecular flexibility index (Phi) is 7.62. The Bertz CT molecular complexity index is 927. The average Bonchev–Trinajstić information content (AvgIpc) is 2.68. The molecule has 9 heteroatoms. The van der Waals surface area contributed by atoms with Gasteiger partial charge >= 0.3 is 17.6 Å². The molecule has 0 unspecified atom stereocenters. The second-order valence-electron chi connectivity index (χ2n) is 7.87. The summed E-state index contributed by atoms with van der Waals surface area (Å²) in [5.74, 6) is -0.957. The van der Waals surface area contributed by atoms with Gasteiger partial charge in [0, 0.05) is 16.4 Å². The third kappa shape index (κ3) is 5.95. The Morgan fingerprint density at radius 2 is 1.68 bits per heavy atom. The SMILES string of the molecule is CC[C@@](C(=O)Oc1ccccc1)([C@H](NC(=O)OC(C)(C)C)c1ccc(Cl)cc1)[N+](=O)[O-]. The molecular weight excluding hydrogens is 424 g/mol. The fourth-order valence-corrected chi connectivity index (χ4v) is 3.14. The summed E-state index contributed by atoms with van der Waals surface area (Å²) < 4.78 is 10.6. The van der Waals surface area contributed by atoms with Crippen LogP contribution < -0.4 is 10.1 Å². The van der Waals surface area contributed by atoms with Gasteiger partial charge in [0.25, 0.3) is 0 Å². The van der Waals surface area contributed by atoms with E-state index < -0.39 is 34.2 Å². The lowest BCUT2D eigenvalue weighted by Gasteiger charge is -2.32. The molecule has 1 N–H and O–H groups in total. The van der Waals surface area contributed by atoms with Gasteiger partial charge in [0.05, 0.1) is 0 Å². The number of alkyl carbamates (subject to hydrolysis) is 1. The predicted octanol–water partition coefficient (Wildman–Crippen LogP) is 4.94. The van der Waals surface area contributed by atoms with E-state index in [9.17, 15) is 19.7 Å². The quantitative estimate of drug-likeness (QED) is 0.278. The molecule has 31 heavy (non-hydrogen) atoms. The summed E-state index contributed by atoms with van der Waals surface area (Å²) in [7, 11) is 0. The molecule has 0 aliphatic heterocycles. The summed E-state index contributed by atoms with van der Waals surface area (Å²) >= 11 is 5.95. The van der Waals surface area contributed by atoms with Crippen LogP contribution in [0.1, 0.15) is 45.7 Å². The lowest BCUT2D eigenvalue weighted by molar-refractivity contribution is -0.561. The van der Waals surface area contributed by atoms with Crippen LogP contribution in [-0.2, 0) is 9.53 Å². The molecule has 0 heterocycles. The molecule has 2 atom stereocenters. The van der Waals surface area contributed by atoms with Crippen LogP contribution in [0.25, 0.3) is 0 Å². The number of ether oxygens (including phenoxy) is 2. The van der Waals surface area contributed by atoms with Gasteiger partial charge in [-0.2, -0.15) is 0 Å². The first kappa shape index (κ1) is 24.1. The molecule has 8 nitrogen and oxygen atoms in total. The van der Waals surface area contributed by atoms with Gasteiger partial charge in [0.2, 0.25) is 0 Å². The first-order valence-electron chi connectivity index (χ1n) is 9.66. The van der Waals surface area contributed by atoms with Gasteiger partial charge in [-0.05, 0) is 50.6 Å². The summed E-state index contributed by atoms with van der Waals surface area (Å²) in [5.41, 5.74) is -2.86. The van der Waals surface area contributed by atoms with Crippen LogP contribution in [0.2, 0.25) is 5.02 Å². The summed E-state index contributed by atoms with van der Waals surface area (Å²) in [6, 6.07) is 12.7. The Morgan fingerprint density at radius 3 is 2.16 bits per heavy atom.